The van der Waals surface area contributed by atoms with Gasteiger partial charge in [0.05, 0.1) is 0 Å². The Hall–Kier alpha value is -4.06. The quantitative estimate of drug-likeness (QED) is 0.230. The zero-order valence-electron chi connectivity index (χ0n) is 19.9. The Morgan fingerprint density at radius 2 is 1.46 bits per heavy atom. The highest BCUT2D eigenvalue weighted by atomic mass is 32.2. The third-order valence-corrected chi connectivity index (χ3v) is 6.03. The maximum atomic E-state index is 12.5. The molecule has 0 aliphatic heterocycles. The maximum Gasteiger partial charge on any atom is 0.408 e. The molecule has 198 valence electrons. The van der Waals surface area contributed by atoms with E-state index in [9.17, 15) is 29.1 Å². The summed E-state index contributed by atoms with van der Waals surface area (Å²) in [5, 5.41) is 25.2. The minimum absolute atomic E-state index is 0.0483. The Morgan fingerprint density at radius 1 is 0.838 bits per heavy atom. The monoisotopic (exact) mass is 531 g/mol. The smallest absolute Gasteiger partial charge is 0.408 e. The lowest BCUT2D eigenvalue weighted by Crippen LogP contribution is -2.49. The van der Waals surface area contributed by atoms with Crippen LogP contribution in [0.4, 0.5) is 4.79 Å². The molecule has 0 aromatic heterocycles. The number of hydrogen-bond donors (Lipinski definition) is 5. The van der Waals surface area contributed by atoms with Crippen molar-refractivity contribution in [1.29, 1.82) is 0 Å². The molecule has 0 unspecified atom stereocenters. The maximum absolute atomic E-state index is 12.5. The normalized spacial score (nSPS) is 12.0. The van der Waals surface area contributed by atoms with Crippen molar-refractivity contribution < 1.29 is 38.9 Å². The Kier molecular flexibility index (Phi) is 12.5. The van der Waals surface area contributed by atoms with Gasteiger partial charge in [-0.05, 0) is 17.5 Å². The lowest BCUT2D eigenvalue weighted by molar-refractivity contribution is -0.139. The first kappa shape index (κ1) is 29.2. The van der Waals surface area contributed by atoms with Crippen molar-refractivity contribution in [3.63, 3.8) is 0 Å². The molecule has 0 aliphatic rings. The Balaban J connectivity index is 1.86. The average Bonchev–Trinajstić information content (AvgIpc) is 2.88. The highest BCUT2D eigenvalue weighted by Crippen LogP contribution is 2.13. The Morgan fingerprint density at radius 3 is 2.05 bits per heavy atom. The number of amides is 3. The van der Waals surface area contributed by atoms with Gasteiger partial charge in [0.1, 0.15) is 25.2 Å². The van der Waals surface area contributed by atoms with E-state index in [1.54, 1.807) is 30.3 Å². The van der Waals surface area contributed by atoms with E-state index < -0.39 is 48.5 Å². The molecule has 2 aromatic rings. The standard InChI is InChI=1S/C25H29N3O8S/c29-21(12-11-19(24(33)34)28-25(35)36-14-17-7-3-1-4-8-17)27-20(23(32)26-13-22(30)31)16-37-15-18-9-5-2-6-10-18/h1-10,19-20H,11-16H2,(H,26,32)(H,27,29)(H,28,35)(H,30,31)(H,33,34)/t19-,20-/m0/s1. The van der Waals surface area contributed by atoms with Gasteiger partial charge in [-0.3, -0.25) is 14.4 Å². The van der Waals surface area contributed by atoms with E-state index in [-0.39, 0.29) is 25.2 Å². The van der Waals surface area contributed by atoms with E-state index in [4.69, 9.17) is 9.84 Å². The van der Waals surface area contributed by atoms with Crippen molar-refractivity contribution in [2.24, 2.45) is 0 Å². The second-order valence-corrected chi connectivity index (χ2v) is 8.90. The fraction of sp³-hybridized carbons (Fsp3) is 0.320. The summed E-state index contributed by atoms with van der Waals surface area (Å²) in [7, 11) is 0. The molecule has 0 heterocycles. The number of carboxylic acid groups (broad SMARTS) is 2. The molecule has 0 saturated carbocycles. The van der Waals surface area contributed by atoms with Crippen molar-refractivity contribution in [1.82, 2.24) is 16.0 Å². The van der Waals surface area contributed by atoms with Crippen LogP contribution in [0.1, 0.15) is 24.0 Å². The van der Waals surface area contributed by atoms with Crippen LogP contribution in [-0.4, -0.2) is 64.4 Å². The molecule has 11 nitrogen and oxygen atoms in total. The van der Waals surface area contributed by atoms with Gasteiger partial charge in [0.2, 0.25) is 11.8 Å². The number of thioether (sulfide) groups is 1. The van der Waals surface area contributed by atoms with Crippen LogP contribution in [0.15, 0.2) is 60.7 Å². The first-order chi connectivity index (χ1) is 17.7. The molecule has 2 aromatic carbocycles. The number of carbonyl (C=O) groups is 5. The van der Waals surface area contributed by atoms with Crippen molar-refractivity contribution >= 4 is 41.6 Å². The molecule has 0 aliphatic carbocycles. The van der Waals surface area contributed by atoms with Gasteiger partial charge < -0.3 is 30.9 Å². The molecule has 37 heavy (non-hydrogen) atoms. The highest BCUT2D eigenvalue weighted by molar-refractivity contribution is 7.98. The number of aliphatic carboxylic acids is 2. The molecule has 2 atom stereocenters. The molecular formula is C25H29N3O8S. The summed E-state index contributed by atoms with van der Waals surface area (Å²) in [6, 6.07) is 15.8. The van der Waals surface area contributed by atoms with Crippen molar-refractivity contribution in [3.8, 4) is 0 Å². The Labute approximate surface area is 218 Å². The molecule has 12 heteroatoms. The van der Waals surface area contributed by atoms with Crippen LogP contribution in [-0.2, 0) is 36.3 Å². The fourth-order valence-electron chi connectivity index (χ4n) is 3.04. The molecule has 0 radical (unpaired) electrons. The van der Waals surface area contributed by atoms with E-state index in [1.807, 2.05) is 30.3 Å². The summed E-state index contributed by atoms with van der Waals surface area (Å²) in [5.74, 6) is -3.15. The minimum atomic E-state index is -1.39. The third-order valence-electron chi connectivity index (χ3n) is 4.92. The van der Waals surface area contributed by atoms with Crippen LogP contribution in [0.2, 0.25) is 0 Å². The van der Waals surface area contributed by atoms with Gasteiger partial charge in [0.15, 0.2) is 0 Å². The van der Waals surface area contributed by atoms with Gasteiger partial charge in [-0.25, -0.2) is 9.59 Å². The van der Waals surface area contributed by atoms with Crippen molar-refractivity contribution in [3.05, 3.63) is 71.8 Å². The summed E-state index contributed by atoms with van der Waals surface area (Å²) >= 11 is 1.37. The number of benzene rings is 2. The highest BCUT2D eigenvalue weighted by Gasteiger charge is 2.25. The lowest BCUT2D eigenvalue weighted by atomic mass is 10.1. The van der Waals surface area contributed by atoms with E-state index in [0.29, 0.717) is 5.75 Å². The van der Waals surface area contributed by atoms with Gasteiger partial charge in [0.25, 0.3) is 0 Å². The fourth-order valence-corrected chi connectivity index (χ4v) is 4.06. The van der Waals surface area contributed by atoms with Crippen LogP contribution < -0.4 is 16.0 Å². The van der Waals surface area contributed by atoms with Crippen molar-refractivity contribution in [2.75, 3.05) is 12.3 Å². The molecule has 0 fully saturated rings. The molecule has 0 bridgehead atoms. The summed E-state index contributed by atoms with van der Waals surface area (Å²) in [6.45, 7) is -0.655. The number of carbonyl (C=O) groups excluding carboxylic acids is 3. The third kappa shape index (κ3) is 12.0. The van der Waals surface area contributed by atoms with Crippen LogP contribution in [0.5, 0.6) is 0 Å². The van der Waals surface area contributed by atoms with Gasteiger partial charge in [-0.1, -0.05) is 60.7 Å². The Bertz CT molecular complexity index is 1050. The number of carboxylic acids is 2. The van der Waals surface area contributed by atoms with Gasteiger partial charge >= 0.3 is 18.0 Å². The van der Waals surface area contributed by atoms with Crippen LogP contribution in [0.25, 0.3) is 0 Å². The number of ether oxygens (including phenoxy) is 1. The largest absolute Gasteiger partial charge is 0.480 e. The number of hydrogen-bond acceptors (Lipinski definition) is 7. The number of rotatable bonds is 15. The van der Waals surface area contributed by atoms with E-state index in [1.165, 1.54) is 11.8 Å². The molecule has 2 rings (SSSR count). The topological polar surface area (TPSA) is 171 Å². The van der Waals surface area contributed by atoms with Gasteiger partial charge in [-0.2, -0.15) is 11.8 Å². The summed E-state index contributed by atoms with van der Waals surface area (Å²) in [6.07, 6.45) is -1.50. The molecule has 0 saturated heterocycles. The van der Waals surface area contributed by atoms with E-state index in [0.717, 1.165) is 11.1 Å². The van der Waals surface area contributed by atoms with Crippen molar-refractivity contribution in [2.45, 2.75) is 37.3 Å². The predicted octanol–water partition coefficient (Wildman–Crippen LogP) is 1.77. The summed E-state index contributed by atoms with van der Waals surface area (Å²) in [4.78, 5) is 59.3. The van der Waals surface area contributed by atoms with E-state index >= 15 is 0 Å². The first-order valence-electron chi connectivity index (χ1n) is 11.3. The molecule has 3 amide bonds. The molecular weight excluding hydrogens is 502 g/mol. The van der Waals surface area contributed by atoms with Gasteiger partial charge in [0, 0.05) is 17.9 Å². The zero-order valence-corrected chi connectivity index (χ0v) is 20.7. The second-order valence-electron chi connectivity index (χ2n) is 7.87. The van der Waals surface area contributed by atoms with E-state index in [2.05, 4.69) is 16.0 Å². The number of alkyl carbamates (subject to hydrolysis) is 1. The average molecular weight is 532 g/mol. The molecule has 5 N–H and O–H groups in total. The second kappa shape index (κ2) is 15.8. The van der Waals surface area contributed by atoms with Crippen LogP contribution >= 0.6 is 11.8 Å². The number of nitrogens with one attached hydrogen (secondary N) is 3. The minimum Gasteiger partial charge on any atom is -0.480 e. The molecule has 0 spiro atoms. The summed E-state index contributed by atoms with van der Waals surface area (Å²) < 4.78 is 5.02. The zero-order chi connectivity index (χ0) is 27.0. The van der Waals surface area contributed by atoms with Crippen LogP contribution in [0, 0.1) is 0 Å². The predicted molar refractivity (Wildman–Crippen MR) is 136 cm³/mol. The first-order valence-corrected chi connectivity index (χ1v) is 12.5. The lowest BCUT2D eigenvalue weighted by Gasteiger charge is -2.19. The van der Waals surface area contributed by atoms with Gasteiger partial charge in [-0.15, -0.1) is 0 Å². The SMILES string of the molecule is O=C(O)CNC(=O)[C@H](CSCc1ccccc1)NC(=O)CC[C@H](NC(=O)OCc1ccccc1)C(=O)O. The van der Waals surface area contributed by atoms with Crippen LogP contribution in [0.3, 0.4) is 0 Å². The summed E-state index contributed by atoms with van der Waals surface area (Å²) in [5.41, 5.74) is 1.74.